The molecule has 0 spiro atoms. The molecule has 1 aliphatic heterocycles. The maximum atomic E-state index is 6.19. The van der Waals surface area contributed by atoms with Crippen molar-refractivity contribution in [3.63, 3.8) is 0 Å². The van der Waals surface area contributed by atoms with Gasteiger partial charge in [0.05, 0.1) is 0 Å². The summed E-state index contributed by atoms with van der Waals surface area (Å²) in [5.41, 5.74) is 7.08. The SMILES string of the molecule is c1ccc(C2N=C(c3ccc4ccc5ccccc5c4c3)N=C(c3cccc(-c4cccc5oc6ccccc6c45)c3)N2)cc1. The van der Waals surface area contributed by atoms with Crippen molar-refractivity contribution in [3.05, 3.63) is 168 Å². The molecule has 0 radical (unpaired) electrons. The highest BCUT2D eigenvalue weighted by Gasteiger charge is 2.22. The number of amidine groups is 2. The number of fused-ring (bicyclic) bond motifs is 6. The standard InChI is InChI=1S/C41H27N3O/c1-2-11-28(12-3-1)39-42-40(44-41(43-39)31-23-22-27-21-20-26-10-4-5-15-32(26)35(27)25-31)30-14-8-13-29(24-30)33-17-9-19-37-38(33)34-16-6-7-18-36(34)45-37/h1-25,39H,(H,42,43,44). The number of nitrogens with one attached hydrogen (secondary N) is 1. The molecule has 0 saturated heterocycles. The van der Waals surface area contributed by atoms with Gasteiger partial charge in [-0.25, -0.2) is 9.98 Å². The van der Waals surface area contributed by atoms with Crippen molar-refractivity contribution in [3.8, 4) is 11.1 Å². The van der Waals surface area contributed by atoms with Crippen LogP contribution in [0.15, 0.2) is 166 Å². The molecule has 1 N–H and O–H groups in total. The zero-order valence-corrected chi connectivity index (χ0v) is 24.3. The maximum Gasteiger partial charge on any atom is 0.159 e. The third-order valence-corrected chi connectivity index (χ3v) is 8.71. The van der Waals surface area contributed by atoms with Crippen LogP contribution in [-0.2, 0) is 0 Å². The minimum atomic E-state index is -0.276. The Morgan fingerprint density at radius 2 is 1.22 bits per heavy atom. The van der Waals surface area contributed by atoms with Crippen LogP contribution in [-0.4, -0.2) is 11.7 Å². The van der Waals surface area contributed by atoms with Crippen LogP contribution in [0.2, 0.25) is 0 Å². The highest BCUT2D eigenvalue weighted by Crippen LogP contribution is 2.37. The van der Waals surface area contributed by atoms with Crippen LogP contribution in [0.5, 0.6) is 0 Å². The highest BCUT2D eigenvalue weighted by molar-refractivity contribution is 6.17. The van der Waals surface area contributed by atoms with Gasteiger partial charge in [0.15, 0.2) is 5.84 Å². The molecule has 0 fully saturated rings. The Morgan fingerprint density at radius 3 is 2.13 bits per heavy atom. The van der Waals surface area contributed by atoms with Gasteiger partial charge in [-0.05, 0) is 62.5 Å². The molecule has 0 aliphatic carbocycles. The van der Waals surface area contributed by atoms with E-state index in [-0.39, 0.29) is 6.17 Å². The summed E-state index contributed by atoms with van der Waals surface area (Å²) in [6.45, 7) is 0. The second-order valence-corrected chi connectivity index (χ2v) is 11.5. The molecule has 7 aromatic carbocycles. The molecule has 9 rings (SSSR count). The summed E-state index contributed by atoms with van der Waals surface area (Å²) in [4.78, 5) is 10.3. The van der Waals surface area contributed by atoms with Gasteiger partial charge in [-0.15, -0.1) is 0 Å². The van der Waals surface area contributed by atoms with Crippen LogP contribution in [0.4, 0.5) is 0 Å². The number of hydrogen-bond donors (Lipinski definition) is 1. The van der Waals surface area contributed by atoms with Crippen molar-refractivity contribution in [1.29, 1.82) is 0 Å². The fraction of sp³-hybridized carbons (Fsp3) is 0.0244. The van der Waals surface area contributed by atoms with Crippen LogP contribution < -0.4 is 5.32 Å². The molecule has 45 heavy (non-hydrogen) atoms. The monoisotopic (exact) mass is 577 g/mol. The molecule has 4 heteroatoms. The molecule has 0 bridgehead atoms. The van der Waals surface area contributed by atoms with Gasteiger partial charge < -0.3 is 9.73 Å². The zero-order valence-electron chi connectivity index (χ0n) is 24.3. The van der Waals surface area contributed by atoms with Crippen molar-refractivity contribution in [1.82, 2.24) is 5.32 Å². The number of benzene rings is 7. The van der Waals surface area contributed by atoms with Crippen LogP contribution in [0.3, 0.4) is 0 Å². The number of aliphatic imine (C=N–C) groups is 2. The van der Waals surface area contributed by atoms with Crippen LogP contribution in [0, 0.1) is 0 Å². The lowest BCUT2D eigenvalue weighted by molar-refractivity contribution is 0.669. The van der Waals surface area contributed by atoms with E-state index in [0.717, 1.165) is 55.6 Å². The Hall–Kier alpha value is -6.00. The summed E-state index contributed by atoms with van der Waals surface area (Å²) >= 11 is 0. The van der Waals surface area contributed by atoms with Crippen molar-refractivity contribution in [2.75, 3.05) is 0 Å². The first kappa shape index (κ1) is 25.5. The minimum absolute atomic E-state index is 0.276. The molecule has 212 valence electrons. The van der Waals surface area contributed by atoms with E-state index in [9.17, 15) is 0 Å². The average molecular weight is 578 g/mol. The third kappa shape index (κ3) is 4.38. The van der Waals surface area contributed by atoms with Crippen LogP contribution in [0.25, 0.3) is 54.6 Å². The topological polar surface area (TPSA) is 49.9 Å². The number of furan rings is 1. The molecule has 1 atom stereocenters. The predicted octanol–water partition coefficient (Wildman–Crippen LogP) is 10.1. The summed E-state index contributed by atoms with van der Waals surface area (Å²) in [5, 5.41) is 10.7. The van der Waals surface area contributed by atoms with Gasteiger partial charge >= 0.3 is 0 Å². The maximum absolute atomic E-state index is 6.19. The Labute approximate surface area is 260 Å². The van der Waals surface area contributed by atoms with Gasteiger partial charge in [-0.3, -0.25) is 0 Å². The Kier molecular flexibility index (Phi) is 5.85. The fourth-order valence-corrected chi connectivity index (χ4v) is 6.52. The second kappa shape index (κ2) is 10.3. The lowest BCUT2D eigenvalue weighted by Crippen LogP contribution is -2.33. The lowest BCUT2D eigenvalue weighted by atomic mass is 9.97. The van der Waals surface area contributed by atoms with Gasteiger partial charge in [0.25, 0.3) is 0 Å². The molecule has 8 aromatic rings. The van der Waals surface area contributed by atoms with Gasteiger partial charge in [-0.2, -0.15) is 0 Å². The molecular weight excluding hydrogens is 550 g/mol. The van der Waals surface area contributed by atoms with Crippen molar-refractivity contribution < 1.29 is 4.42 Å². The van der Waals surface area contributed by atoms with E-state index in [1.54, 1.807) is 0 Å². The first-order valence-electron chi connectivity index (χ1n) is 15.2. The summed E-state index contributed by atoms with van der Waals surface area (Å²) in [7, 11) is 0. The molecular formula is C41H27N3O. The van der Waals surface area contributed by atoms with E-state index in [4.69, 9.17) is 14.4 Å². The molecule has 0 saturated carbocycles. The van der Waals surface area contributed by atoms with Crippen molar-refractivity contribution >= 4 is 55.2 Å². The lowest BCUT2D eigenvalue weighted by Gasteiger charge is -2.24. The normalized spacial score (nSPS) is 14.9. The molecule has 1 aliphatic rings. The fourth-order valence-electron chi connectivity index (χ4n) is 6.52. The molecule has 2 heterocycles. The third-order valence-electron chi connectivity index (χ3n) is 8.71. The number of rotatable bonds is 4. The van der Waals surface area contributed by atoms with Crippen molar-refractivity contribution in [2.24, 2.45) is 9.98 Å². The van der Waals surface area contributed by atoms with Crippen LogP contribution in [0.1, 0.15) is 22.9 Å². The van der Waals surface area contributed by atoms with Crippen molar-refractivity contribution in [2.45, 2.75) is 6.17 Å². The largest absolute Gasteiger partial charge is 0.456 e. The molecule has 1 aromatic heterocycles. The summed E-state index contributed by atoms with van der Waals surface area (Å²) in [6.07, 6.45) is -0.276. The predicted molar refractivity (Wildman–Crippen MR) is 186 cm³/mol. The molecule has 4 nitrogen and oxygen atoms in total. The molecule has 1 unspecified atom stereocenters. The number of hydrogen-bond acceptors (Lipinski definition) is 4. The minimum Gasteiger partial charge on any atom is -0.456 e. The second-order valence-electron chi connectivity index (χ2n) is 11.5. The Morgan fingerprint density at radius 1 is 0.511 bits per heavy atom. The van der Waals surface area contributed by atoms with E-state index in [2.05, 4.69) is 133 Å². The molecule has 0 amide bonds. The quantitative estimate of drug-likeness (QED) is 0.212. The first-order chi connectivity index (χ1) is 22.3. The van der Waals surface area contributed by atoms with Gasteiger partial charge in [0.2, 0.25) is 0 Å². The number of para-hydroxylation sites is 1. The first-order valence-corrected chi connectivity index (χ1v) is 15.2. The van der Waals surface area contributed by atoms with Gasteiger partial charge in [0, 0.05) is 21.9 Å². The van der Waals surface area contributed by atoms with Gasteiger partial charge in [0.1, 0.15) is 23.2 Å². The van der Waals surface area contributed by atoms with E-state index >= 15 is 0 Å². The smallest absolute Gasteiger partial charge is 0.159 e. The van der Waals surface area contributed by atoms with E-state index in [1.165, 1.54) is 21.5 Å². The van der Waals surface area contributed by atoms with E-state index in [1.807, 2.05) is 24.3 Å². The Balaban J connectivity index is 1.19. The number of nitrogens with zero attached hydrogens (tertiary/aromatic N) is 2. The summed E-state index contributed by atoms with van der Waals surface area (Å²) < 4.78 is 6.19. The van der Waals surface area contributed by atoms with Gasteiger partial charge in [-0.1, -0.05) is 127 Å². The summed E-state index contributed by atoms with van der Waals surface area (Å²) in [6, 6.07) is 52.8. The van der Waals surface area contributed by atoms with E-state index < -0.39 is 0 Å². The van der Waals surface area contributed by atoms with E-state index in [0.29, 0.717) is 5.84 Å². The highest BCUT2D eigenvalue weighted by atomic mass is 16.3. The average Bonchev–Trinajstić information content (AvgIpc) is 3.51. The van der Waals surface area contributed by atoms with Crippen LogP contribution >= 0.6 is 0 Å². The summed E-state index contributed by atoms with van der Waals surface area (Å²) in [5.74, 6) is 1.50. The Bertz CT molecular complexity index is 2470. The zero-order chi connectivity index (χ0) is 29.7.